The first-order chi connectivity index (χ1) is 12.4. The van der Waals surface area contributed by atoms with Crippen LogP contribution in [0.5, 0.6) is 0 Å². The minimum absolute atomic E-state index is 0.0983. The van der Waals surface area contributed by atoms with E-state index in [1.807, 2.05) is 0 Å². The molecule has 0 fully saturated rings. The number of aromatic nitrogens is 1. The molecule has 9 heteroatoms. The fraction of sp³-hybridized carbons (Fsp3) is 0.0588. The third-order valence-corrected chi connectivity index (χ3v) is 5.11. The topological polar surface area (TPSA) is 120 Å². The number of hydrogen-bond acceptors (Lipinski definition) is 6. The molecule has 1 heterocycles. The number of fused-ring (bicyclic) bond motifs is 1. The standard InChI is InChI=1S/C17H16N4O4S/c1-18-16-9-4-12-10-14(7-8-15(12)19-16)26(24,25)21-13-5-2-11(3-6-13)17(22)20-23/h2-10,21,23H,1H3,(H,18,19)(H,20,22). The maximum absolute atomic E-state index is 12.6. The van der Waals surface area contributed by atoms with Gasteiger partial charge in [-0.05, 0) is 54.6 Å². The second-order valence-corrected chi connectivity index (χ2v) is 7.11. The minimum atomic E-state index is -3.80. The molecule has 3 rings (SSSR count). The molecule has 0 aliphatic rings. The second-order valence-electron chi connectivity index (χ2n) is 5.42. The van der Waals surface area contributed by atoms with E-state index >= 15 is 0 Å². The van der Waals surface area contributed by atoms with Gasteiger partial charge >= 0.3 is 0 Å². The van der Waals surface area contributed by atoms with Gasteiger partial charge in [-0.25, -0.2) is 18.9 Å². The number of nitrogens with zero attached hydrogens (tertiary/aromatic N) is 1. The molecule has 0 spiro atoms. The number of nitrogens with one attached hydrogen (secondary N) is 3. The lowest BCUT2D eigenvalue weighted by Gasteiger charge is -2.10. The number of anilines is 2. The van der Waals surface area contributed by atoms with Crippen LogP contribution in [0.25, 0.3) is 10.9 Å². The van der Waals surface area contributed by atoms with Gasteiger partial charge in [0.1, 0.15) is 5.82 Å². The van der Waals surface area contributed by atoms with Crippen molar-refractivity contribution in [3.8, 4) is 0 Å². The van der Waals surface area contributed by atoms with Crippen molar-refractivity contribution in [1.29, 1.82) is 0 Å². The molecule has 1 amide bonds. The predicted molar refractivity (Wildman–Crippen MR) is 97.8 cm³/mol. The predicted octanol–water partition coefficient (Wildman–Crippen LogP) is 2.20. The van der Waals surface area contributed by atoms with Crippen molar-refractivity contribution in [2.75, 3.05) is 17.1 Å². The lowest BCUT2D eigenvalue weighted by atomic mass is 10.2. The Morgan fingerprint density at radius 3 is 2.42 bits per heavy atom. The summed E-state index contributed by atoms with van der Waals surface area (Å²) in [5.74, 6) is 0.0145. The minimum Gasteiger partial charge on any atom is -0.373 e. The van der Waals surface area contributed by atoms with E-state index < -0.39 is 15.9 Å². The number of pyridine rings is 1. The summed E-state index contributed by atoms with van der Waals surface area (Å²) in [6.45, 7) is 0. The van der Waals surface area contributed by atoms with Crippen molar-refractivity contribution in [2.45, 2.75) is 4.90 Å². The largest absolute Gasteiger partial charge is 0.373 e. The Labute approximate surface area is 149 Å². The molecule has 2 aromatic carbocycles. The molecule has 8 nitrogen and oxygen atoms in total. The molecule has 0 radical (unpaired) electrons. The van der Waals surface area contributed by atoms with Crippen LogP contribution in [0.4, 0.5) is 11.5 Å². The van der Waals surface area contributed by atoms with Crippen molar-refractivity contribution in [2.24, 2.45) is 0 Å². The summed E-state index contributed by atoms with van der Waals surface area (Å²) in [6, 6.07) is 13.9. The zero-order valence-electron chi connectivity index (χ0n) is 13.7. The smallest absolute Gasteiger partial charge is 0.274 e. The van der Waals surface area contributed by atoms with Crippen LogP contribution in [0, 0.1) is 0 Å². The van der Waals surface area contributed by atoms with Crippen LogP contribution in [0.15, 0.2) is 59.5 Å². The van der Waals surface area contributed by atoms with Crippen molar-refractivity contribution in [3.05, 3.63) is 60.2 Å². The molecule has 0 saturated heterocycles. The summed E-state index contributed by atoms with van der Waals surface area (Å²) in [6.07, 6.45) is 0. The van der Waals surface area contributed by atoms with Crippen LogP contribution in [0.2, 0.25) is 0 Å². The monoisotopic (exact) mass is 372 g/mol. The maximum atomic E-state index is 12.6. The van der Waals surface area contributed by atoms with Gasteiger partial charge in [0.25, 0.3) is 15.9 Å². The quantitative estimate of drug-likeness (QED) is 0.402. The Hall–Kier alpha value is -3.17. The molecular weight excluding hydrogens is 356 g/mol. The molecule has 3 aromatic rings. The molecule has 0 unspecified atom stereocenters. The van der Waals surface area contributed by atoms with E-state index in [2.05, 4.69) is 15.0 Å². The zero-order valence-corrected chi connectivity index (χ0v) is 14.5. The van der Waals surface area contributed by atoms with Crippen molar-refractivity contribution in [3.63, 3.8) is 0 Å². The fourth-order valence-electron chi connectivity index (χ4n) is 2.38. The van der Waals surface area contributed by atoms with Crippen molar-refractivity contribution in [1.82, 2.24) is 10.5 Å². The highest BCUT2D eigenvalue weighted by atomic mass is 32.2. The molecule has 26 heavy (non-hydrogen) atoms. The lowest BCUT2D eigenvalue weighted by molar-refractivity contribution is 0.0706. The van der Waals surface area contributed by atoms with Gasteiger partial charge in [0, 0.05) is 23.7 Å². The Kier molecular flexibility index (Phi) is 4.74. The van der Waals surface area contributed by atoms with Gasteiger partial charge in [-0.2, -0.15) is 0 Å². The summed E-state index contributed by atoms with van der Waals surface area (Å²) in [5, 5.41) is 12.2. The first-order valence-electron chi connectivity index (χ1n) is 7.59. The first-order valence-corrected chi connectivity index (χ1v) is 9.07. The van der Waals surface area contributed by atoms with E-state index in [0.29, 0.717) is 22.4 Å². The Bertz CT molecular complexity index is 1070. The molecule has 0 aliphatic heterocycles. The SMILES string of the molecule is CNc1ccc2cc(S(=O)(=O)Nc3ccc(C(=O)NO)cc3)ccc2n1. The van der Waals surface area contributed by atoms with Gasteiger partial charge in [-0.15, -0.1) is 0 Å². The van der Waals surface area contributed by atoms with Crippen molar-refractivity contribution >= 4 is 38.3 Å². The van der Waals surface area contributed by atoms with E-state index in [1.54, 1.807) is 25.2 Å². The van der Waals surface area contributed by atoms with E-state index in [-0.39, 0.29) is 10.5 Å². The molecule has 134 valence electrons. The average molecular weight is 372 g/mol. The molecule has 0 bridgehead atoms. The average Bonchev–Trinajstić information content (AvgIpc) is 2.66. The van der Waals surface area contributed by atoms with Gasteiger partial charge < -0.3 is 5.32 Å². The molecular formula is C17H16N4O4S. The number of hydroxylamine groups is 1. The van der Waals surface area contributed by atoms with Crippen LogP contribution >= 0.6 is 0 Å². The first kappa shape index (κ1) is 17.6. The highest BCUT2D eigenvalue weighted by Crippen LogP contribution is 2.22. The number of carbonyl (C=O) groups excluding carboxylic acids is 1. The summed E-state index contributed by atoms with van der Waals surface area (Å²) >= 11 is 0. The maximum Gasteiger partial charge on any atom is 0.274 e. The summed E-state index contributed by atoms with van der Waals surface area (Å²) in [7, 11) is -2.05. The third kappa shape index (κ3) is 3.58. The van der Waals surface area contributed by atoms with E-state index in [1.165, 1.54) is 41.9 Å². The van der Waals surface area contributed by atoms with E-state index in [9.17, 15) is 13.2 Å². The van der Waals surface area contributed by atoms with Gasteiger partial charge in [0.2, 0.25) is 0 Å². The van der Waals surface area contributed by atoms with Gasteiger partial charge in [-0.3, -0.25) is 14.7 Å². The molecule has 1 aromatic heterocycles. The number of rotatable bonds is 5. The highest BCUT2D eigenvalue weighted by Gasteiger charge is 2.15. The highest BCUT2D eigenvalue weighted by molar-refractivity contribution is 7.92. The number of amides is 1. The molecule has 0 aliphatic carbocycles. The fourth-order valence-corrected chi connectivity index (χ4v) is 3.47. The van der Waals surface area contributed by atoms with Gasteiger partial charge in [0.05, 0.1) is 10.4 Å². The van der Waals surface area contributed by atoms with Crippen molar-refractivity contribution < 1.29 is 18.4 Å². The third-order valence-electron chi connectivity index (χ3n) is 3.73. The van der Waals surface area contributed by atoms with E-state index in [4.69, 9.17) is 5.21 Å². The van der Waals surface area contributed by atoms with Crippen LogP contribution in [-0.4, -0.2) is 31.6 Å². The molecule has 0 saturated carbocycles. The lowest BCUT2D eigenvalue weighted by Crippen LogP contribution is -2.18. The number of sulfonamides is 1. The second kappa shape index (κ2) is 6.98. The van der Waals surface area contributed by atoms with Crippen LogP contribution < -0.4 is 15.5 Å². The summed E-state index contributed by atoms with van der Waals surface area (Å²) in [5.41, 5.74) is 2.68. The number of benzene rings is 2. The van der Waals surface area contributed by atoms with Gasteiger partial charge in [0.15, 0.2) is 0 Å². The van der Waals surface area contributed by atoms with Crippen LogP contribution in [0.1, 0.15) is 10.4 Å². The van der Waals surface area contributed by atoms with Crippen LogP contribution in [0.3, 0.4) is 0 Å². The number of carbonyl (C=O) groups is 1. The Morgan fingerprint density at radius 2 is 1.77 bits per heavy atom. The number of hydrogen-bond donors (Lipinski definition) is 4. The zero-order chi connectivity index (χ0) is 18.7. The Morgan fingerprint density at radius 1 is 1.04 bits per heavy atom. The van der Waals surface area contributed by atoms with E-state index in [0.717, 1.165) is 0 Å². The summed E-state index contributed by atoms with van der Waals surface area (Å²) in [4.78, 5) is 15.7. The van der Waals surface area contributed by atoms with Crippen LogP contribution in [-0.2, 0) is 10.0 Å². The molecule has 0 atom stereocenters. The summed E-state index contributed by atoms with van der Waals surface area (Å²) < 4.78 is 27.6. The van der Waals surface area contributed by atoms with Gasteiger partial charge in [-0.1, -0.05) is 0 Å². The normalized spacial score (nSPS) is 11.2. The molecule has 4 N–H and O–H groups in total. The Balaban J connectivity index is 1.87.